The molecular formula is C9H18N2O3S. The van der Waals surface area contributed by atoms with Gasteiger partial charge in [-0.1, -0.05) is 6.58 Å². The summed E-state index contributed by atoms with van der Waals surface area (Å²) < 4.78 is 23.8. The van der Waals surface area contributed by atoms with E-state index in [0.717, 1.165) is 6.26 Å². The Morgan fingerprint density at radius 3 is 2.40 bits per heavy atom. The number of hydrogen-bond acceptors (Lipinski definition) is 3. The fourth-order valence-corrected chi connectivity index (χ4v) is 1.37. The van der Waals surface area contributed by atoms with E-state index in [1.54, 1.807) is 6.92 Å². The van der Waals surface area contributed by atoms with Gasteiger partial charge in [0.15, 0.2) is 0 Å². The zero-order valence-corrected chi connectivity index (χ0v) is 10.1. The third-order valence-electron chi connectivity index (χ3n) is 1.71. The maximum atomic E-state index is 11.2. The number of hydrogen-bond donors (Lipinski definition) is 2. The van der Waals surface area contributed by atoms with Crippen LogP contribution < -0.4 is 10.0 Å². The van der Waals surface area contributed by atoms with E-state index < -0.39 is 10.0 Å². The van der Waals surface area contributed by atoms with Crippen LogP contribution in [-0.2, 0) is 14.8 Å². The molecule has 1 atom stereocenters. The van der Waals surface area contributed by atoms with Crippen LogP contribution in [0.4, 0.5) is 0 Å². The van der Waals surface area contributed by atoms with Crippen molar-refractivity contribution in [3.8, 4) is 0 Å². The van der Waals surface area contributed by atoms with E-state index in [9.17, 15) is 13.2 Å². The summed E-state index contributed by atoms with van der Waals surface area (Å²) >= 11 is 0. The van der Waals surface area contributed by atoms with Crippen molar-refractivity contribution in [3.05, 3.63) is 12.2 Å². The number of amides is 1. The lowest BCUT2D eigenvalue weighted by Crippen LogP contribution is -2.36. The van der Waals surface area contributed by atoms with Crippen molar-refractivity contribution in [1.82, 2.24) is 10.0 Å². The summed E-state index contributed by atoms with van der Waals surface area (Å²) in [5, 5.41) is 2.69. The molecule has 0 fully saturated rings. The second-order valence-electron chi connectivity index (χ2n) is 3.61. The van der Waals surface area contributed by atoms with Crippen molar-refractivity contribution in [2.24, 2.45) is 0 Å². The van der Waals surface area contributed by atoms with E-state index in [0.29, 0.717) is 18.5 Å². The number of nitrogens with one attached hydrogen (secondary N) is 2. The third kappa shape index (κ3) is 8.14. The van der Waals surface area contributed by atoms with Gasteiger partial charge in [-0.25, -0.2) is 13.1 Å². The summed E-state index contributed by atoms with van der Waals surface area (Å²) in [6, 6.07) is -0.0801. The summed E-state index contributed by atoms with van der Waals surface area (Å²) in [6.45, 7) is 7.25. The first-order valence-electron chi connectivity index (χ1n) is 4.63. The molecule has 0 aromatic heterocycles. The van der Waals surface area contributed by atoms with Crippen molar-refractivity contribution in [2.45, 2.75) is 26.3 Å². The first-order valence-corrected chi connectivity index (χ1v) is 6.52. The molecule has 0 rings (SSSR count). The Morgan fingerprint density at radius 2 is 2.00 bits per heavy atom. The maximum Gasteiger partial charge on any atom is 0.246 e. The average molecular weight is 234 g/mol. The lowest BCUT2D eigenvalue weighted by atomic mass is 10.2. The molecular weight excluding hydrogens is 216 g/mol. The molecule has 15 heavy (non-hydrogen) atoms. The quantitative estimate of drug-likeness (QED) is 0.636. The summed E-state index contributed by atoms with van der Waals surface area (Å²) in [5.74, 6) is -0.207. The average Bonchev–Trinajstić information content (AvgIpc) is 2.01. The smallest absolute Gasteiger partial charge is 0.246 e. The van der Waals surface area contributed by atoms with E-state index in [2.05, 4.69) is 16.6 Å². The summed E-state index contributed by atoms with van der Waals surface area (Å²) in [7, 11) is -3.14. The Morgan fingerprint density at radius 1 is 1.47 bits per heavy atom. The fourth-order valence-electron chi connectivity index (χ4n) is 0.880. The van der Waals surface area contributed by atoms with Crippen molar-refractivity contribution in [2.75, 3.05) is 12.8 Å². The molecule has 0 heterocycles. The van der Waals surface area contributed by atoms with Crippen LogP contribution in [0.2, 0.25) is 0 Å². The molecule has 6 heteroatoms. The van der Waals surface area contributed by atoms with Crippen LogP contribution in [0, 0.1) is 0 Å². The molecule has 5 nitrogen and oxygen atoms in total. The lowest BCUT2D eigenvalue weighted by molar-refractivity contribution is -0.118. The number of rotatable bonds is 6. The highest BCUT2D eigenvalue weighted by molar-refractivity contribution is 7.88. The van der Waals surface area contributed by atoms with Crippen molar-refractivity contribution < 1.29 is 13.2 Å². The van der Waals surface area contributed by atoms with Crippen LogP contribution in [0.5, 0.6) is 0 Å². The van der Waals surface area contributed by atoms with Crippen LogP contribution in [0.1, 0.15) is 20.3 Å². The van der Waals surface area contributed by atoms with Crippen LogP contribution in [-0.4, -0.2) is 33.2 Å². The predicted octanol–water partition coefficient (Wildman–Crippen LogP) is 0.00650. The number of carbonyl (C=O) groups excluding carboxylic acids is 1. The predicted molar refractivity (Wildman–Crippen MR) is 59.9 cm³/mol. The Hall–Kier alpha value is -0.880. The molecule has 0 bridgehead atoms. The van der Waals surface area contributed by atoms with Gasteiger partial charge < -0.3 is 5.32 Å². The Bertz CT molecular complexity index is 335. The molecule has 0 aromatic carbocycles. The van der Waals surface area contributed by atoms with Crippen molar-refractivity contribution in [3.63, 3.8) is 0 Å². The van der Waals surface area contributed by atoms with Gasteiger partial charge in [-0.15, -0.1) is 0 Å². The molecule has 0 saturated heterocycles. The van der Waals surface area contributed by atoms with Crippen LogP contribution in [0.3, 0.4) is 0 Å². The minimum atomic E-state index is -3.14. The summed E-state index contributed by atoms with van der Waals surface area (Å²) in [4.78, 5) is 11.2. The Balaban J connectivity index is 3.81. The van der Waals surface area contributed by atoms with Gasteiger partial charge in [-0.05, 0) is 20.3 Å². The molecule has 0 aliphatic carbocycles. The molecule has 2 N–H and O–H groups in total. The molecule has 0 aromatic rings. The molecule has 0 spiro atoms. The molecule has 0 aliphatic rings. The zero-order valence-electron chi connectivity index (χ0n) is 9.33. The first kappa shape index (κ1) is 14.1. The monoisotopic (exact) mass is 234 g/mol. The molecule has 0 saturated carbocycles. The van der Waals surface area contributed by atoms with Gasteiger partial charge in [0, 0.05) is 18.2 Å². The zero-order chi connectivity index (χ0) is 12.1. The van der Waals surface area contributed by atoms with Crippen molar-refractivity contribution >= 4 is 15.9 Å². The normalized spacial score (nSPS) is 13.3. The van der Waals surface area contributed by atoms with Gasteiger partial charge in [-0.3, -0.25) is 4.79 Å². The largest absolute Gasteiger partial charge is 0.350 e. The summed E-state index contributed by atoms with van der Waals surface area (Å²) in [5.41, 5.74) is 0.443. The minimum absolute atomic E-state index is 0.0801. The maximum absolute atomic E-state index is 11.2. The van der Waals surface area contributed by atoms with E-state index in [1.807, 2.05) is 6.92 Å². The topological polar surface area (TPSA) is 75.3 Å². The van der Waals surface area contributed by atoms with E-state index in [4.69, 9.17) is 0 Å². The van der Waals surface area contributed by atoms with Crippen LogP contribution >= 0.6 is 0 Å². The Labute approximate surface area is 91.0 Å². The molecule has 0 aliphatic heterocycles. The molecule has 0 radical (unpaired) electrons. The van der Waals surface area contributed by atoms with Gasteiger partial charge in [0.1, 0.15) is 0 Å². The Kier molecular flexibility index (Phi) is 5.53. The van der Waals surface area contributed by atoms with Gasteiger partial charge in [0.25, 0.3) is 0 Å². The highest BCUT2D eigenvalue weighted by Crippen LogP contribution is 1.93. The SMILES string of the molecule is C=C(C)C(=O)NC(C)CCNS(C)(=O)=O. The fraction of sp³-hybridized carbons (Fsp3) is 0.667. The minimum Gasteiger partial charge on any atom is -0.350 e. The van der Waals surface area contributed by atoms with Crippen LogP contribution in [0.15, 0.2) is 12.2 Å². The van der Waals surface area contributed by atoms with E-state index >= 15 is 0 Å². The van der Waals surface area contributed by atoms with Gasteiger partial charge in [0.2, 0.25) is 15.9 Å². The number of sulfonamides is 1. The summed E-state index contributed by atoms with van der Waals surface area (Å²) in [6.07, 6.45) is 1.65. The van der Waals surface area contributed by atoms with E-state index in [-0.39, 0.29) is 11.9 Å². The number of carbonyl (C=O) groups is 1. The van der Waals surface area contributed by atoms with Gasteiger partial charge in [0.05, 0.1) is 6.26 Å². The molecule has 1 amide bonds. The van der Waals surface area contributed by atoms with E-state index in [1.165, 1.54) is 0 Å². The third-order valence-corrected chi connectivity index (χ3v) is 2.44. The van der Waals surface area contributed by atoms with Crippen LogP contribution in [0.25, 0.3) is 0 Å². The second kappa shape index (κ2) is 5.87. The highest BCUT2D eigenvalue weighted by Gasteiger charge is 2.08. The molecule has 1 unspecified atom stereocenters. The molecule has 88 valence electrons. The van der Waals surface area contributed by atoms with Gasteiger partial charge in [-0.2, -0.15) is 0 Å². The van der Waals surface area contributed by atoms with Gasteiger partial charge >= 0.3 is 0 Å². The highest BCUT2D eigenvalue weighted by atomic mass is 32.2. The first-order chi connectivity index (χ1) is 6.72. The standard InChI is InChI=1S/C9H18N2O3S/c1-7(2)9(12)11-8(3)5-6-10-15(4,13)14/h8,10H,1,5-6H2,2-4H3,(H,11,12). The lowest BCUT2D eigenvalue weighted by Gasteiger charge is -2.13. The van der Waals surface area contributed by atoms with Crippen molar-refractivity contribution in [1.29, 1.82) is 0 Å². The second-order valence-corrected chi connectivity index (χ2v) is 5.44.